The van der Waals surface area contributed by atoms with Gasteiger partial charge in [0.2, 0.25) is 0 Å². The molecule has 1 amide bonds. The highest BCUT2D eigenvalue weighted by molar-refractivity contribution is 5.85. The fraction of sp³-hybridized carbons (Fsp3) is 0.100. The van der Waals surface area contributed by atoms with Gasteiger partial charge in [0.15, 0.2) is 0 Å². The van der Waals surface area contributed by atoms with Gasteiger partial charge in [-0.3, -0.25) is 5.32 Å². The van der Waals surface area contributed by atoms with Gasteiger partial charge in [-0.2, -0.15) is 0 Å². The summed E-state index contributed by atoms with van der Waals surface area (Å²) in [4.78, 5) is 15.8. The number of carbonyl (C=O) groups excluding carboxylic acids is 1. The van der Waals surface area contributed by atoms with E-state index in [1.807, 2.05) is 60.7 Å². The van der Waals surface area contributed by atoms with Crippen LogP contribution < -0.4 is 11.1 Å². The lowest BCUT2D eigenvalue weighted by atomic mass is 10.1. The Hall–Kier alpha value is -3.34. The zero-order valence-corrected chi connectivity index (χ0v) is 13.7. The van der Waals surface area contributed by atoms with Gasteiger partial charge in [0, 0.05) is 18.3 Å². The summed E-state index contributed by atoms with van der Waals surface area (Å²) in [6, 6.07) is 21.1. The molecule has 0 atom stereocenters. The quantitative estimate of drug-likeness (QED) is 0.736. The Morgan fingerprint density at radius 1 is 1.00 bits per heavy atom. The highest BCUT2D eigenvalue weighted by atomic mass is 16.5. The average molecular weight is 333 g/mol. The Bertz CT molecular complexity index is 833. The van der Waals surface area contributed by atoms with Crippen molar-refractivity contribution in [3.63, 3.8) is 0 Å². The van der Waals surface area contributed by atoms with Crippen LogP contribution in [-0.4, -0.2) is 17.7 Å². The van der Waals surface area contributed by atoms with Crippen LogP contribution in [0.3, 0.4) is 0 Å². The summed E-state index contributed by atoms with van der Waals surface area (Å²) in [6.45, 7) is 0.338. The van der Waals surface area contributed by atoms with E-state index in [-0.39, 0.29) is 0 Å². The minimum Gasteiger partial charge on any atom is -0.449 e. The van der Waals surface area contributed by atoms with Gasteiger partial charge in [-0.15, -0.1) is 0 Å². The molecule has 126 valence electrons. The monoisotopic (exact) mass is 333 g/mol. The van der Waals surface area contributed by atoms with Crippen molar-refractivity contribution >= 4 is 17.6 Å². The van der Waals surface area contributed by atoms with Gasteiger partial charge in [-0.25, -0.2) is 9.78 Å². The summed E-state index contributed by atoms with van der Waals surface area (Å²) in [6.07, 6.45) is 1.90. The maximum Gasteiger partial charge on any atom is 0.411 e. The molecular formula is C20H19N3O2. The van der Waals surface area contributed by atoms with E-state index in [1.165, 1.54) is 0 Å². The molecule has 3 aromatic rings. The van der Waals surface area contributed by atoms with Gasteiger partial charge in [0.1, 0.15) is 5.82 Å². The fourth-order valence-electron chi connectivity index (χ4n) is 2.43. The second kappa shape index (κ2) is 7.97. The van der Waals surface area contributed by atoms with Crippen LogP contribution >= 0.6 is 0 Å². The maximum atomic E-state index is 11.8. The molecule has 0 unspecified atom stereocenters. The van der Waals surface area contributed by atoms with Crippen molar-refractivity contribution in [3.8, 4) is 11.1 Å². The first kappa shape index (κ1) is 16.5. The van der Waals surface area contributed by atoms with Crippen molar-refractivity contribution in [1.29, 1.82) is 0 Å². The van der Waals surface area contributed by atoms with Crippen LogP contribution in [0.25, 0.3) is 11.1 Å². The Morgan fingerprint density at radius 3 is 2.48 bits per heavy atom. The summed E-state index contributed by atoms with van der Waals surface area (Å²) in [5, 5.41) is 2.72. The Balaban J connectivity index is 1.51. The highest BCUT2D eigenvalue weighted by Crippen LogP contribution is 2.22. The molecule has 0 saturated heterocycles. The molecule has 5 nitrogen and oxygen atoms in total. The van der Waals surface area contributed by atoms with Crippen LogP contribution in [0.15, 0.2) is 72.9 Å². The van der Waals surface area contributed by atoms with Crippen molar-refractivity contribution < 1.29 is 9.53 Å². The van der Waals surface area contributed by atoms with Crippen molar-refractivity contribution in [1.82, 2.24) is 4.98 Å². The van der Waals surface area contributed by atoms with Crippen LogP contribution in [0.1, 0.15) is 5.56 Å². The number of ether oxygens (including phenoxy) is 1. The van der Waals surface area contributed by atoms with Gasteiger partial charge in [-0.05, 0) is 41.0 Å². The molecule has 0 aliphatic heterocycles. The topological polar surface area (TPSA) is 77.2 Å². The summed E-state index contributed by atoms with van der Waals surface area (Å²) in [7, 11) is 0. The van der Waals surface area contributed by atoms with Crippen LogP contribution in [-0.2, 0) is 11.2 Å². The smallest absolute Gasteiger partial charge is 0.411 e. The fourth-order valence-corrected chi connectivity index (χ4v) is 2.43. The van der Waals surface area contributed by atoms with Crippen LogP contribution in [0.5, 0.6) is 0 Å². The summed E-state index contributed by atoms with van der Waals surface area (Å²) in [5.41, 5.74) is 9.48. The van der Waals surface area contributed by atoms with E-state index in [0.717, 1.165) is 16.7 Å². The minimum absolute atomic E-state index is 0.338. The molecule has 3 rings (SSSR count). The summed E-state index contributed by atoms with van der Waals surface area (Å²) >= 11 is 0. The molecule has 1 heterocycles. The average Bonchev–Trinajstić information content (AvgIpc) is 2.63. The summed E-state index contributed by atoms with van der Waals surface area (Å²) < 4.78 is 5.21. The first-order valence-electron chi connectivity index (χ1n) is 8.00. The second-order valence-electron chi connectivity index (χ2n) is 5.54. The molecule has 25 heavy (non-hydrogen) atoms. The molecule has 1 aromatic heterocycles. The molecule has 3 N–H and O–H groups in total. The van der Waals surface area contributed by atoms with E-state index in [9.17, 15) is 4.79 Å². The number of nitrogens with zero attached hydrogens (tertiary/aromatic N) is 1. The number of nitrogens with one attached hydrogen (secondary N) is 1. The molecule has 0 fully saturated rings. The molecule has 0 aliphatic carbocycles. The van der Waals surface area contributed by atoms with E-state index in [1.54, 1.807) is 12.3 Å². The normalized spacial score (nSPS) is 10.2. The lowest BCUT2D eigenvalue weighted by molar-refractivity contribution is 0.163. The number of hydrogen-bond acceptors (Lipinski definition) is 4. The van der Waals surface area contributed by atoms with Crippen LogP contribution in [0.4, 0.5) is 16.3 Å². The lowest BCUT2D eigenvalue weighted by Gasteiger charge is -2.08. The number of carbonyl (C=O) groups is 1. The number of rotatable bonds is 5. The maximum absolute atomic E-state index is 11.8. The Morgan fingerprint density at radius 2 is 1.76 bits per heavy atom. The largest absolute Gasteiger partial charge is 0.449 e. The number of benzene rings is 2. The number of anilines is 2. The number of nitrogens with two attached hydrogens (primary N) is 1. The third kappa shape index (κ3) is 4.81. The zero-order valence-electron chi connectivity index (χ0n) is 13.7. The number of nitrogen functional groups attached to an aromatic ring is 1. The molecule has 0 spiro atoms. The molecule has 2 aromatic carbocycles. The molecule has 0 radical (unpaired) electrons. The molecule has 0 bridgehead atoms. The number of hydrogen-bond donors (Lipinski definition) is 2. The Labute approximate surface area is 146 Å². The third-order valence-electron chi connectivity index (χ3n) is 3.71. The van der Waals surface area contributed by atoms with Gasteiger partial charge >= 0.3 is 6.09 Å². The Kier molecular flexibility index (Phi) is 5.26. The van der Waals surface area contributed by atoms with Crippen molar-refractivity contribution in [2.24, 2.45) is 0 Å². The molecule has 0 saturated carbocycles. The first-order valence-corrected chi connectivity index (χ1v) is 8.00. The van der Waals surface area contributed by atoms with Crippen molar-refractivity contribution in [3.05, 3.63) is 78.5 Å². The molecule has 5 heteroatoms. The standard InChI is InChI=1S/C20H19N3O2/c21-19-14-17(10-12-22-19)16-6-8-18(9-7-16)23-20(24)25-13-11-15-4-2-1-3-5-15/h1-10,12,14H,11,13H2,(H2,21,22)(H,23,24). The molecule has 0 aliphatic rings. The number of amides is 1. The number of aromatic nitrogens is 1. The van der Waals surface area contributed by atoms with E-state index >= 15 is 0 Å². The highest BCUT2D eigenvalue weighted by Gasteiger charge is 2.04. The lowest BCUT2D eigenvalue weighted by Crippen LogP contribution is -2.15. The minimum atomic E-state index is -0.461. The van der Waals surface area contributed by atoms with Crippen molar-refractivity contribution in [2.75, 3.05) is 17.7 Å². The van der Waals surface area contributed by atoms with Gasteiger partial charge in [0.25, 0.3) is 0 Å². The van der Waals surface area contributed by atoms with E-state index < -0.39 is 6.09 Å². The SMILES string of the molecule is Nc1cc(-c2ccc(NC(=O)OCCc3ccccc3)cc2)ccn1. The second-order valence-corrected chi connectivity index (χ2v) is 5.54. The third-order valence-corrected chi connectivity index (χ3v) is 3.71. The van der Waals surface area contributed by atoms with E-state index in [2.05, 4.69) is 10.3 Å². The van der Waals surface area contributed by atoms with E-state index in [4.69, 9.17) is 10.5 Å². The molecular weight excluding hydrogens is 314 g/mol. The van der Waals surface area contributed by atoms with Gasteiger partial charge in [-0.1, -0.05) is 42.5 Å². The zero-order chi connectivity index (χ0) is 17.5. The van der Waals surface area contributed by atoms with E-state index in [0.29, 0.717) is 24.5 Å². The van der Waals surface area contributed by atoms with Gasteiger partial charge < -0.3 is 10.5 Å². The van der Waals surface area contributed by atoms with Crippen LogP contribution in [0.2, 0.25) is 0 Å². The first-order chi connectivity index (χ1) is 12.2. The summed E-state index contributed by atoms with van der Waals surface area (Å²) in [5.74, 6) is 0.474. The van der Waals surface area contributed by atoms with Gasteiger partial charge in [0.05, 0.1) is 6.61 Å². The predicted molar refractivity (Wildman–Crippen MR) is 99.2 cm³/mol. The predicted octanol–water partition coefficient (Wildman–Crippen LogP) is 4.12. The van der Waals surface area contributed by atoms with Crippen LogP contribution in [0, 0.1) is 0 Å². The number of pyridine rings is 1. The van der Waals surface area contributed by atoms with Crippen molar-refractivity contribution in [2.45, 2.75) is 6.42 Å².